The molecule has 1 aliphatic heterocycles. The van der Waals surface area contributed by atoms with E-state index in [4.69, 9.17) is 11.2 Å². The van der Waals surface area contributed by atoms with Crippen molar-refractivity contribution in [3.05, 3.63) is 35.9 Å². The second kappa shape index (κ2) is 9.16. The van der Waals surface area contributed by atoms with Crippen molar-refractivity contribution in [2.24, 2.45) is 0 Å². The molecule has 0 bridgehead atoms. The minimum atomic E-state index is -3.50. The molecule has 1 amide bonds. The molecule has 2 N–H and O–H groups in total. The number of nitrogens with one attached hydrogen (secondary N) is 1. The Morgan fingerprint density at radius 1 is 1.28 bits per heavy atom. The van der Waals surface area contributed by atoms with Gasteiger partial charge >= 0.3 is 6.09 Å². The van der Waals surface area contributed by atoms with Gasteiger partial charge in [-0.1, -0.05) is 36.3 Å². The van der Waals surface area contributed by atoms with Gasteiger partial charge in [-0.05, 0) is 43.6 Å². The lowest BCUT2D eigenvalue weighted by Crippen LogP contribution is -2.50. The summed E-state index contributed by atoms with van der Waals surface area (Å²) in [4.78, 5) is 12.9. The highest BCUT2D eigenvalue weighted by atomic mass is 32.2. The number of ether oxygens (including phenoxy) is 1. The van der Waals surface area contributed by atoms with Crippen LogP contribution in [0.4, 0.5) is 4.79 Å². The van der Waals surface area contributed by atoms with Gasteiger partial charge < -0.3 is 9.84 Å². The Balaban J connectivity index is 1.61. The van der Waals surface area contributed by atoms with Crippen LogP contribution in [0.3, 0.4) is 0 Å². The quantitative estimate of drug-likeness (QED) is 0.689. The molecule has 0 aromatic heterocycles. The van der Waals surface area contributed by atoms with Crippen molar-refractivity contribution >= 4 is 16.1 Å². The number of carboxylic acid groups (broad SMARTS) is 1. The third kappa shape index (κ3) is 5.50. The molecule has 1 aliphatic carbocycles. The van der Waals surface area contributed by atoms with Crippen molar-refractivity contribution in [1.29, 1.82) is 0 Å². The second-order valence-electron chi connectivity index (χ2n) is 7.89. The Morgan fingerprint density at radius 3 is 2.48 bits per heavy atom. The van der Waals surface area contributed by atoms with Crippen molar-refractivity contribution in [2.45, 2.75) is 62.3 Å². The lowest BCUT2D eigenvalue weighted by atomic mass is 9.83. The summed E-state index contributed by atoms with van der Waals surface area (Å²) in [6.45, 7) is 0.123. The van der Waals surface area contributed by atoms with Gasteiger partial charge in [-0.3, -0.25) is 4.90 Å². The van der Waals surface area contributed by atoms with Crippen molar-refractivity contribution in [2.75, 3.05) is 12.9 Å². The molecule has 3 rings (SSSR count). The van der Waals surface area contributed by atoms with Crippen molar-refractivity contribution in [1.82, 2.24) is 9.62 Å². The van der Waals surface area contributed by atoms with Crippen LogP contribution in [-0.4, -0.2) is 61.6 Å². The van der Waals surface area contributed by atoms with Crippen LogP contribution in [0.2, 0.25) is 0 Å². The number of rotatable bonds is 6. The number of amides is 1. The van der Waals surface area contributed by atoms with Crippen LogP contribution in [-0.2, 0) is 14.8 Å². The largest absolute Gasteiger partial charge is 0.465 e. The standard InChI is InChI=1S/C21H28N2O5S/c1-3-17-13-19(22-29(2,26)27)20(23(17)21(24)25)14-28-18-11-9-16(10-12-18)15-7-5-4-6-8-15/h1,4-8,16-20,22H,9-14H2,2H3,(H,24,25)/t16-,17?,18+,19?,20?. The Labute approximate surface area is 172 Å². The maximum absolute atomic E-state index is 11.7. The van der Waals surface area contributed by atoms with Gasteiger partial charge in [0, 0.05) is 6.04 Å². The maximum atomic E-state index is 11.7. The molecule has 0 spiro atoms. The van der Waals surface area contributed by atoms with E-state index in [1.165, 1.54) is 5.56 Å². The Bertz CT molecular complexity index is 844. The number of hydrogen-bond donors (Lipinski definition) is 2. The van der Waals surface area contributed by atoms with Gasteiger partial charge in [-0.2, -0.15) is 0 Å². The summed E-state index contributed by atoms with van der Waals surface area (Å²) >= 11 is 0. The van der Waals surface area contributed by atoms with Crippen LogP contribution >= 0.6 is 0 Å². The fourth-order valence-electron chi connectivity index (χ4n) is 4.48. The van der Waals surface area contributed by atoms with Gasteiger partial charge in [0.15, 0.2) is 0 Å². The molecule has 1 heterocycles. The molecule has 3 unspecified atom stereocenters. The van der Waals surface area contributed by atoms with Crippen LogP contribution in [0.5, 0.6) is 0 Å². The van der Waals surface area contributed by atoms with Gasteiger partial charge in [0.05, 0.1) is 31.1 Å². The summed E-state index contributed by atoms with van der Waals surface area (Å²) in [5, 5.41) is 9.60. The van der Waals surface area contributed by atoms with E-state index < -0.39 is 34.2 Å². The monoisotopic (exact) mass is 420 g/mol. The predicted molar refractivity (Wildman–Crippen MR) is 110 cm³/mol. The molecule has 1 aromatic carbocycles. The molecule has 3 atom stereocenters. The fraction of sp³-hybridized carbons (Fsp3) is 0.571. The first-order chi connectivity index (χ1) is 13.8. The molecular formula is C21H28N2O5S. The smallest absolute Gasteiger partial charge is 0.408 e. The first-order valence-electron chi connectivity index (χ1n) is 9.89. The average molecular weight is 421 g/mol. The van der Waals surface area contributed by atoms with E-state index in [9.17, 15) is 18.3 Å². The number of carbonyl (C=O) groups is 1. The number of benzene rings is 1. The zero-order valence-electron chi connectivity index (χ0n) is 16.5. The summed E-state index contributed by atoms with van der Waals surface area (Å²) in [5.74, 6) is 2.97. The molecule has 2 fully saturated rings. The summed E-state index contributed by atoms with van der Waals surface area (Å²) in [5.41, 5.74) is 1.34. The zero-order chi connectivity index (χ0) is 21.0. The number of likely N-dealkylation sites (tertiary alicyclic amines) is 1. The summed E-state index contributed by atoms with van der Waals surface area (Å²) in [6, 6.07) is 8.50. The van der Waals surface area contributed by atoms with Crippen LogP contribution < -0.4 is 4.72 Å². The van der Waals surface area contributed by atoms with Crippen molar-refractivity contribution in [3.8, 4) is 12.3 Å². The average Bonchev–Trinajstić information content (AvgIpc) is 3.03. The Kier molecular flexibility index (Phi) is 6.83. The molecule has 2 aliphatic rings. The number of nitrogens with zero attached hydrogens (tertiary/aromatic N) is 1. The van der Waals surface area contributed by atoms with E-state index in [0.29, 0.717) is 5.92 Å². The Morgan fingerprint density at radius 2 is 1.93 bits per heavy atom. The fourth-order valence-corrected chi connectivity index (χ4v) is 5.28. The number of sulfonamides is 1. The molecule has 1 saturated carbocycles. The van der Waals surface area contributed by atoms with Gasteiger partial charge in [0.25, 0.3) is 0 Å². The third-order valence-electron chi connectivity index (χ3n) is 5.86. The van der Waals surface area contributed by atoms with E-state index in [0.717, 1.165) is 36.8 Å². The normalized spacial score (nSPS) is 30.1. The molecular weight excluding hydrogens is 392 g/mol. The molecule has 8 heteroatoms. The lowest BCUT2D eigenvalue weighted by Gasteiger charge is -2.32. The van der Waals surface area contributed by atoms with Crippen molar-refractivity contribution in [3.63, 3.8) is 0 Å². The van der Waals surface area contributed by atoms with Crippen LogP contribution in [0.15, 0.2) is 30.3 Å². The van der Waals surface area contributed by atoms with Gasteiger partial charge in [0.2, 0.25) is 10.0 Å². The van der Waals surface area contributed by atoms with E-state index in [1.807, 2.05) is 6.07 Å². The van der Waals surface area contributed by atoms with Crippen LogP contribution in [0, 0.1) is 12.3 Å². The van der Waals surface area contributed by atoms with Gasteiger partial charge in [0.1, 0.15) is 0 Å². The van der Waals surface area contributed by atoms with Crippen LogP contribution in [0.25, 0.3) is 0 Å². The van der Waals surface area contributed by atoms with E-state index >= 15 is 0 Å². The lowest BCUT2D eigenvalue weighted by molar-refractivity contribution is -0.00582. The highest BCUT2D eigenvalue weighted by molar-refractivity contribution is 7.88. The van der Waals surface area contributed by atoms with E-state index in [1.54, 1.807) is 0 Å². The molecule has 29 heavy (non-hydrogen) atoms. The summed E-state index contributed by atoms with van der Waals surface area (Å²) < 4.78 is 32.0. The highest BCUT2D eigenvalue weighted by Gasteiger charge is 2.45. The number of hydrogen-bond acceptors (Lipinski definition) is 4. The minimum Gasteiger partial charge on any atom is -0.465 e. The second-order valence-corrected chi connectivity index (χ2v) is 9.67. The van der Waals surface area contributed by atoms with E-state index in [2.05, 4.69) is 34.9 Å². The summed E-state index contributed by atoms with van der Waals surface area (Å²) in [6.07, 6.45) is 9.47. The maximum Gasteiger partial charge on any atom is 0.408 e. The molecule has 158 valence electrons. The predicted octanol–water partition coefficient (Wildman–Crippen LogP) is 2.40. The molecule has 1 aromatic rings. The third-order valence-corrected chi connectivity index (χ3v) is 6.59. The summed E-state index contributed by atoms with van der Waals surface area (Å²) in [7, 11) is -3.50. The topological polar surface area (TPSA) is 95.9 Å². The van der Waals surface area contributed by atoms with Crippen molar-refractivity contribution < 1.29 is 23.1 Å². The first kappa shape index (κ1) is 21.6. The number of terminal acetylenes is 1. The SMILES string of the molecule is C#CC1CC(NS(C)(=O)=O)C(CO[C@H]2CC[C@@H](c3ccccc3)CC2)N1C(=O)O. The zero-order valence-corrected chi connectivity index (χ0v) is 17.3. The van der Waals surface area contributed by atoms with Gasteiger partial charge in [-0.15, -0.1) is 6.42 Å². The molecule has 7 nitrogen and oxygen atoms in total. The minimum absolute atomic E-state index is 0.0365. The van der Waals surface area contributed by atoms with E-state index in [-0.39, 0.29) is 19.1 Å². The van der Waals surface area contributed by atoms with Gasteiger partial charge in [-0.25, -0.2) is 17.9 Å². The highest BCUT2D eigenvalue weighted by Crippen LogP contribution is 2.34. The molecule has 1 saturated heterocycles. The van der Waals surface area contributed by atoms with Crippen LogP contribution in [0.1, 0.15) is 43.6 Å². The first-order valence-corrected chi connectivity index (χ1v) is 11.8. The Hall–Kier alpha value is -2.08. The molecule has 0 radical (unpaired) electrons.